The first-order chi connectivity index (χ1) is 18.5. The van der Waals surface area contributed by atoms with Crippen LogP contribution in [0.5, 0.6) is 0 Å². The molecule has 1 aromatic heterocycles. The van der Waals surface area contributed by atoms with Crippen LogP contribution in [0.1, 0.15) is 41.1 Å². The summed E-state index contributed by atoms with van der Waals surface area (Å²) < 4.78 is 0. The average molecular weight is 516 g/mol. The molecule has 5 rings (SSSR count). The number of fused-ring (bicyclic) bond motifs is 2. The Morgan fingerprint density at radius 2 is 1.97 bits per heavy atom. The Morgan fingerprint density at radius 3 is 2.79 bits per heavy atom. The number of amides is 2. The fraction of sp³-hybridized carbons (Fsp3) is 0.400. The van der Waals surface area contributed by atoms with Gasteiger partial charge in [-0.3, -0.25) is 14.8 Å². The predicted molar refractivity (Wildman–Crippen MR) is 149 cm³/mol. The molecule has 3 N–H and O–H groups in total. The third-order valence-corrected chi connectivity index (χ3v) is 7.98. The van der Waals surface area contributed by atoms with Crippen LogP contribution in [-0.4, -0.2) is 83.0 Å². The van der Waals surface area contributed by atoms with Crippen molar-refractivity contribution in [2.45, 2.75) is 31.7 Å². The van der Waals surface area contributed by atoms with Crippen molar-refractivity contribution in [2.75, 3.05) is 46.3 Å². The molecule has 8 heteroatoms. The molecule has 3 aromatic rings. The highest BCUT2D eigenvalue weighted by Crippen LogP contribution is 2.37. The molecule has 0 radical (unpaired) electrons. The minimum Gasteiger partial charge on any atom is -0.361 e. The number of aromatic nitrogens is 1. The average Bonchev–Trinajstić information content (AvgIpc) is 3.55. The molecule has 0 spiro atoms. The van der Waals surface area contributed by atoms with Crippen molar-refractivity contribution in [2.24, 2.45) is 0 Å². The molecule has 2 aromatic carbocycles. The van der Waals surface area contributed by atoms with Gasteiger partial charge in [0.15, 0.2) is 0 Å². The molecule has 1 aliphatic heterocycles. The number of aromatic amines is 1. The molecule has 1 fully saturated rings. The maximum Gasteiger partial charge on any atom is 0.267 e. The van der Waals surface area contributed by atoms with E-state index in [-0.39, 0.29) is 11.9 Å². The van der Waals surface area contributed by atoms with E-state index in [2.05, 4.69) is 63.3 Å². The van der Waals surface area contributed by atoms with Gasteiger partial charge >= 0.3 is 0 Å². The van der Waals surface area contributed by atoms with Crippen LogP contribution in [-0.2, 0) is 22.4 Å². The molecule has 1 aliphatic carbocycles. The smallest absolute Gasteiger partial charge is 0.267 e. The van der Waals surface area contributed by atoms with Gasteiger partial charge in [0.05, 0.1) is 6.04 Å². The van der Waals surface area contributed by atoms with Crippen LogP contribution in [0, 0.1) is 0 Å². The first-order valence-corrected chi connectivity index (χ1v) is 13.5. The predicted octanol–water partition coefficient (Wildman–Crippen LogP) is 3.38. The monoisotopic (exact) mass is 515 g/mol. The Morgan fingerprint density at radius 1 is 1.16 bits per heavy atom. The van der Waals surface area contributed by atoms with Gasteiger partial charge in [0, 0.05) is 68.9 Å². The number of hydrogen-bond acceptors (Lipinski definition) is 5. The SMILES string of the molecule is CN1CCN(CCC(=O)N(CCc2c[nH]c3ccccc23)C2CCc3cc(C=CC(=O)NO)ccc32)CC1. The van der Waals surface area contributed by atoms with Gasteiger partial charge in [-0.1, -0.05) is 36.4 Å². The Hall–Kier alpha value is -3.46. The van der Waals surface area contributed by atoms with E-state index in [1.807, 2.05) is 12.1 Å². The molecule has 2 amide bonds. The zero-order valence-electron chi connectivity index (χ0n) is 22.0. The number of piperazine rings is 1. The topological polar surface area (TPSA) is 91.9 Å². The van der Waals surface area contributed by atoms with E-state index >= 15 is 0 Å². The normalized spacial score (nSPS) is 18.2. The quantitative estimate of drug-likeness (QED) is 0.231. The summed E-state index contributed by atoms with van der Waals surface area (Å²) in [7, 11) is 2.15. The van der Waals surface area contributed by atoms with Crippen molar-refractivity contribution in [1.29, 1.82) is 0 Å². The molecule has 38 heavy (non-hydrogen) atoms. The van der Waals surface area contributed by atoms with Gasteiger partial charge in [0.1, 0.15) is 0 Å². The summed E-state index contributed by atoms with van der Waals surface area (Å²) in [6.07, 6.45) is 8.19. The van der Waals surface area contributed by atoms with Crippen LogP contribution in [0.2, 0.25) is 0 Å². The Bertz CT molecular complexity index is 1310. The largest absolute Gasteiger partial charge is 0.361 e. The number of hydrogen-bond donors (Lipinski definition) is 3. The number of carbonyl (C=O) groups is 2. The van der Waals surface area contributed by atoms with E-state index in [9.17, 15) is 9.59 Å². The molecule has 8 nitrogen and oxygen atoms in total. The Kier molecular flexibility index (Phi) is 8.22. The molecule has 1 saturated heterocycles. The van der Waals surface area contributed by atoms with Gasteiger partial charge in [-0.2, -0.15) is 0 Å². The fourth-order valence-corrected chi connectivity index (χ4v) is 5.75. The van der Waals surface area contributed by atoms with Crippen molar-refractivity contribution in [3.05, 3.63) is 77.0 Å². The second-order valence-corrected chi connectivity index (χ2v) is 10.4. The number of hydroxylamine groups is 1. The molecule has 2 heterocycles. The molecule has 1 atom stereocenters. The van der Waals surface area contributed by atoms with E-state index < -0.39 is 5.91 Å². The summed E-state index contributed by atoms with van der Waals surface area (Å²) in [6.45, 7) is 5.58. The zero-order valence-corrected chi connectivity index (χ0v) is 22.0. The Labute approximate surface area is 223 Å². The highest BCUT2D eigenvalue weighted by molar-refractivity contribution is 5.90. The molecule has 0 saturated carbocycles. The lowest BCUT2D eigenvalue weighted by Gasteiger charge is -2.34. The lowest BCUT2D eigenvalue weighted by Crippen LogP contribution is -2.46. The van der Waals surface area contributed by atoms with Gasteiger partial charge in [-0.25, -0.2) is 5.48 Å². The third kappa shape index (κ3) is 5.99. The summed E-state index contributed by atoms with van der Waals surface area (Å²) in [5.41, 5.74) is 7.29. The summed E-state index contributed by atoms with van der Waals surface area (Å²) in [6, 6.07) is 14.5. The molecule has 2 aliphatic rings. The minimum absolute atomic E-state index is 0.0500. The third-order valence-electron chi connectivity index (χ3n) is 7.98. The summed E-state index contributed by atoms with van der Waals surface area (Å²) in [5, 5.41) is 9.95. The van der Waals surface area contributed by atoms with E-state index in [0.29, 0.717) is 13.0 Å². The molecular formula is C30H37N5O3. The van der Waals surface area contributed by atoms with Crippen molar-refractivity contribution in [3.63, 3.8) is 0 Å². The molecule has 1 unspecified atom stereocenters. The number of carbonyl (C=O) groups excluding carboxylic acids is 2. The summed E-state index contributed by atoms with van der Waals surface area (Å²) in [4.78, 5) is 35.3. The first kappa shape index (κ1) is 26.2. The maximum absolute atomic E-state index is 13.7. The van der Waals surface area contributed by atoms with Crippen LogP contribution in [0.4, 0.5) is 0 Å². The first-order valence-electron chi connectivity index (χ1n) is 13.5. The van der Waals surface area contributed by atoms with Crippen molar-refractivity contribution in [3.8, 4) is 0 Å². The van der Waals surface area contributed by atoms with Gasteiger partial charge in [-0.15, -0.1) is 0 Å². The van der Waals surface area contributed by atoms with Crippen LogP contribution in [0.25, 0.3) is 17.0 Å². The lowest BCUT2D eigenvalue weighted by atomic mass is 10.0. The fourth-order valence-electron chi connectivity index (χ4n) is 5.75. The van der Waals surface area contributed by atoms with Gasteiger partial charge < -0.3 is 19.7 Å². The summed E-state index contributed by atoms with van der Waals surface area (Å²) >= 11 is 0. The number of benzene rings is 2. The van der Waals surface area contributed by atoms with Crippen LogP contribution in [0.3, 0.4) is 0 Å². The lowest BCUT2D eigenvalue weighted by molar-refractivity contribution is -0.134. The number of H-pyrrole nitrogens is 1. The number of nitrogens with one attached hydrogen (secondary N) is 2. The van der Waals surface area contributed by atoms with Gasteiger partial charge in [-0.05, 0) is 60.7 Å². The van der Waals surface area contributed by atoms with Gasteiger partial charge in [0.25, 0.3) is 5.91 Å². The van der Waals surface area contributed by atoms with E-state index in [0.717, 1.165) is 63.1 Å². The molecular weight excluding hydrogens is 478 g/mol. The second-order valence-electron chi connectivity index (χ2n) is 10.4. The summed E-state index contributed by atoms with van der Waals surface area (Å²) in [5.74, 6) is -0.344. The van der Waals surface area contributed by atoms with Crippen molar-refractivity contribution >= 4 is 28.8 Å². The van der Waals surface area contributed by atoms with Crippen LogP contribution in [0.15, 0.2) is 54.7 Å². The van der Waals surface area contributed by atoms with Crippen LogP contribution < -0.4 is 5.48 Å². The maximum atomic E-state index is 13.7. The minimum atomic E-state index is -0.558. The van der Waals surface area contributed by atoms with Crippen molar-refractivity contribution in [1.82, 2.24) is 25.2 Å². The van der Waals surface area contributed by atoms with E-state index in [1.165, 1.54) is 28.2 Å². The number of para-hydroxylation sites is 1. The molecule has 200 valence electrons. The standard InChI is InChI=1S/C30H37N5O3/c1-33-16-18-34(19-17-33)14-13-30(37)35(15-12-24-21-31-27-5-3-2-4-25(24)27)28-10-8-23-20-22(6-9-26(23)28)7-11-29(36)32-38/h2-7,9,11,20-21,28,31,38H,8,10,12-19H2,1H3,(H,32,36). The van der Waals surface area contributed by atoms with E-state index in [4.69, 9.17) is 5.21 Å². The van der Waals surface area contributed by atoms with Crippen molar-refractivity contribution < 1.29 is 14.8 Å². The zero-order chi connectivity index (χ0) is 26.5. The number of nitrogens with zero attached hydrogens (tertiary/aromatic N) is 3. The van der Waals surface area contributed by atoms with E-state index in [1.54, 1.807) is 11.6 Å². The van der Waals surface area contributed by atoms with Gasteiger partial charge in [0.2, 0.25) is 5.91 Å². The number of aryl methyl sites for hydroxylation is 1. The highest BCUT2D eigenvalue weighted by atomic mass is 16.5. The molecule has 0 bridgehead atoms. The van der Waals surface area contributed by atoms with Crippen LogP contribution >= 0.6 is 0 Å². The number of rotatable bonds is 9. The number of likely N-dealkylation sites (N-methyl/N-ethyl adjacent to an activating group) is 1. The highest BCUT2D eigenvalue weighted by Gasteiger charge is 2.31. The second kappa shape index (κ2) is 11.9. The Balaban J connectivity index is 1.33.